The van der Waals surface area contributed by atoms with E-state index in [1.54, 1.807) is 0 Å². The van der Waals surface area contributed by atoms with Crippen LogP contribution in [-0.4, -0.2) is 50.0 Å². The molecule has 4 rings (SSSR count). The van der Waals surface area contributed by atoms with Crippen LogP contribution >= 0.6 is 0 Å². The second kappa shape index (κ2) is 7.16. The Hall–Kier alpha value is -1.52. The number of ether oxygens (including phenoxy) is 3. The van der Waals surface area contributed by atoms with Crippen molar-refractivity contribution in [2.45, 2.75) is 31.9 Å². The fraction of sp³-hybridized carbons (Fsp3) is 0.600. The second-order valence-electron chi connectivity index (χ2n) is 7.22. The molecule has 0 radical (unpaired) electrons. The lowest BCUT2D eigenvalue weighted by Gasteiger charge is -2.37. The average Bonchev–Trinajstić information content (AvgIpc) is 2.64. The quantitative estimate of drug-likeness (QED) is 0.797. The molecule has 1 aliphatic carbocycles. The van der Waals surface area contributed by atoms with E-state index in [2.05, 4.69) is 24.0 Å². The molecular formula is C20H27NO3. The number of fused-ring (bicyclic) bond motifs is 1. The van der Waals surface area contributed by atoms with Crippen molar-refractivity contribution >= 4 is 0 Å². The fourth-order valence-corrected chi connectivity index (χ4v) is 3.94. The Morgan fingerprint density at radius 1 is 1.08 bits per heavy atom. The van der Waals surface area contributed by atoms with Gasteiger partial charge in [0, 0.05) is 25.0 Å². The number of para-hydroxylation sites is 2. The minimum atomic E-state index is 0.138. The highest BCUT2D eigenvalue weighted by Crippen LogP contribution is 2.35. The zero-order valence-corrected chi connectivity index (χ0v) is 14.4. The van der Waals surface area contributed by atoms with Gasteiger partial charge < -0.3 is 14.2 Å². The molecule has 1 fully saturated rings. The van der Waals surface area contributed by atoms with Crippen molar-refractivity contribution in [3.63, 3.8) is 0 Å². The Labute approximate surface area is 144 Å². The summed E-state index contributed by atoms with van der Waals surface area (Å²) in [6.07, 6.45) is 7.31. The highest BCUT2D eigenvalue weighted by atomic mass is 16.6. The lowest BCUT2D eigenvalue weighted by molar-refractivity contribution is -0.00644. The Kier molecular flexibility index (Phi) is 4.76. The number of morpholine rings is 1. The second-order valence-corrected chi connectivity index (χ2v) is 7.22. The van der Waals surface area contributed by atoms with Crippen LogP contribution in [0, 0.1) is 11.8 Å². The first-order valence-electron chi connectivity index (χ1n) is 9.18. The molecule has 4 nitrogen and oxygen atoms in total. The molecule has 0 amide bonds. The van der Waals surface area contributed by atoms with E-state index in [0.29, 0.717) is 24.5 Å². The van der Waals surface area contributed by atoms with Crippen molar-refractivity contribution in [1.82, 2.24) is 4.90 Å². The Morgan fingerprint density at radius 3 is 2.75 bits per heavy atom. The summed E-state index contributed by atoms with van der Waals surface area (Å²) in [5, 5.41) is 0. The highest BCUT2D eigenvalue weighted by molar-refractivity contribution is 5.40. The van der Waals surface area contributed by atoms with Crippen LogP contribution in [0.4, 0.5) is 0 Å². The maximum absolute atomic E-state index is 6.17. The van der Waals surface area contributed by atoms with Gasteiger partial charge >= 0.3 is 0 Å². The SMILES string of the molecule is CC1COCCN1CC1C=CC([C@H]2COc3ccccc3O2)CC1. The molecule has 4 heteroatoms. The number of hydrogen-bond donors (Lipinski definition) is 0. The van der Waals surface area contributed by atoms with Crippen molar-refractivity contribution in [1.29, 1.82) is 0 Å². The number of benzene rings is 1. The maximum atomic E-state index is 6.17. The van der Waals surface area contributed by atoms with Crippen LogP contribution in [0.1, 0.15) is 19.8 Å². The lowest BCUT2D eigenvalue weighted by Crippen LogP contribution is -2.46. The van der Waals surface area contributed by atoms with Gasteiger partial charge in [-0.3, -0.25) is 4.90 Å². The fourth-order valence-electron chi connectivity index (χ4n) is 3.94. The molecule has 0 bridgehead atoms. The molecule has 2 aliphatic heterocycles. The standard InChI is InChI=1S/C20H27NO3/c1-15-13-22-11-10-21(15)12-16-6-8-17(9-7-16)20-14-23-18-4-2-3-5-19(18)24-20/h2-6,8,15-17,20H,7,9-14H2,1H3/t15?,16?,17?,20-/m1/s1. The predicted molar refractivity (Wildman–Crippen MR) is 93.6 cm³/mol. The molecule has 4 atom stereocenters. The van der Waals surface area contributed by atoms with Crippen LogP contribution < -0.4 is 9.47 Å². The summed E-state index contributed by atoms with van der Waals surface area (Å²) in [5.74, 6) is 2.86. The molecule has 1 saturated heterocycles. The summed E-state index contributed by atoms with van der Waals surface area (Å²) < 4.78 is 17.6. The van der Waals surface area contributed by atoms with Gasteiger partial charge in [0.05, 0.1) is 13.2 Å². The molecule has 0 N–H and O–H groups in total. The molecule has 3 unspecified atom stereocenters. The van der Waals surface area contributed by atoms with Gasteiger partial charge in [0.15, 0.2) is 11.5 Å². The van der Waals surface area contributed by atoms with Gasteiger partial charge in [-0.15, -0.1) is 0 Å². The van der Waals surface area contributed by atoms with Crippen molar-refractivity contribution < 1.29 is 14.2 Å². The third kappa shape index (κ3) is 3.45. The minimum absolute atomic E-state index is 0.138. The van der Waals surface area contributed by atoms with Crippen molar-refractivity contribution in [3.8, 4) is 11.5 Å². The number of nitrogens with zero attached hydrogens (tertiary/aromatic N) is 1. The summed E-state index contributed by atoms with van der Waals surface area (Å²) >= 11 is 0. The normalized spacial score (nSPS) is 33.4. The van der Waals surface area contributed by atoms with E-state index in [1.807, 2.05) is 24.3 Å². The third-order valence-electron chi connectivity index (χ3n) is 5.48. The summed E-state index contributed by atoms with van der Waals surface area (Å²) in [4.78, 5) is 2.56. The van der Waals surface area contributed by atoms with Gasteiger partial charge in [-0.2, -0.15) is 0 Å². The molecule has 0 saturated carbocycles. The van der Waals surface area contributed by atoms with Crippen LogP contribution in [0.5, 0.6) is 11.5 Å². The van der Waals surface area contributed by atoms with Crippen molar-refractivity contribution in [3.05, 3.63) is 36.4 Å². The van der Waals surface area contributed by atoms with Crippen LogP contribution in [0.3, 0.4) is 0 Å². The van der Waals surface area contributed by atoms with Crippen LogP contribution in [0.25, 0.3) is 0 Å². The van der Waals surface area contributed by atoms with E-state index < -0.39 is 0 Å². The smallest absolute Gasteiger partial charge is 0.161 e. The Morgan fingerprint density at radius 2 is 1.96 bits per heavy atom. The molecule has 130 valence electrons. The topological polar surface area (TPSA) is 30.9 Å². The van der Waals surface area contributed by atoms with Crippen LogP contribution in [-0.2, 0) is 4.74 Å². The van der Waals surface area contributed by atoms with Gasteiger partial charge in [0.2, 0.25) is 0 Å². The monoisotopic (exact) mass is 329 g/mol. The van der Waals surface area contributed by atoms with Crippen molar-refractivity contribution in [2.24, 2.45) is 11.8 Å². The van der Waals surface area contributed by atoms with Crippen molar-refractivity contribution in [2.75, 3.05) is 32.9 Å². The van der Waals surface area contributed by atoms with E-state index in [9.17, 15) is 0 Å². The van der Waals surface area contributed by atoms with E-state index in [4.69, 9.17) is 14.2 Å². The molecule has 2 heterocycles. The Bertz CT molecular complexity index is 588. The summed E-state index contributed by atoms with van der Waals surface area (Å²) in [7, 11) is 0. The Balaban J connectivity index is 1.33. The number of rotatable bonds is 3. The van der Waals surface area contributed by atoms with Gasteiger partial charge in [0.25, 0.3) is 0 Å². The average molecular weight is 329 g/mol. The van der Waals surface area contributed by atoms with E-state index in [0.717, 1.165) is 37.8 Å². The first-order chi connectivity index (χ1) is 11.8. The zero-order valence-electron chi connectivity index (χ0n) is 14.4. The lowest BCUT2D eigenvalue weighted by atomic mass is 9.85. The number of hydrogen-bond acceptors (Lipinski definition) is 4. The molecule has 1 aromatic carbocycles. The van der Waals surface area contributed by atoms with E-state index in [1.165, 1.54) is 12.8 Å². The molecule has 1 aromatic rings. The van der Waals surface area contributed by atoms with E-state index in [-0.39, 0.29) is 6.10 Å². The van der Waals surface area contributed by atoms with Gasteiger partial charge in [0.1, 0.15) is 12.7 Å². The molecule has 3 aliphatic rings. The zero-order chi connectivity index (χ0) is 16.4. The van der Waals surface area contributed by atoms with Gasteiger partial charge in [-0.25, -0.2) is 0 Å². The van der Waals surface area contributed by atoms with Crippen LogP contribution in [0.2, 0.25) is 0 Å². The highest BCUT2D eigenvalue weighted by Gasteiger charge is 2.30. The molecule has 24 heavy (non-hydrogen) atoms. The summed E-state index contributed by atoms with van der Waals surface area (Å²) in [5.41, 5.74) is 0. The van der Waals surface area contributed by atoms with Crippen LogP contribution in [0.15, 0.2) is 36.4 Å². The first kappa shape index (κ1) is 16.0. The molecule has 0 aromatic heterocycles. The largest absolute Gasteiger partial charge is 0.486 e. The predicted octanol–water partition coefficient (Wildman–Crippen LogP) is 3.13. The van der Waals surface area contributed by atoms with E-state index >= 15 is 0 Å². The maximum Gasteiger partial charge on any atom is 0.161 e. The third-order valence-corrected chi connectivity index (χ3v) is 5.48. The van der Waals surface area contributed by atoms with Gasteiger partial charge in [-0.05, 0) is 37.8 Å². The molecular weight excluding hydrogens is 302 g/mol. The van der Waals surface area contributed by atoms with Gasteiger partial charge in [-0.1, -0.05) is 24.3 Å². The summed E-state index contributed by atoms with van der Waals surface area (Å²) in [6, 6.07) is 8.50. The minimum Gasteiger partial charge on any atom is -0.486 e. The first-order valence-corrected chi connectivity index (χ1v) is 9.18. The summed E-state index contributed by atoms with van der Waals surface area (Å²) in [6.45, 7) is 6.86. The molecule has 0 spiro atoms.